The lowest BCUT2D eigenvalue weighted by atomic mass is 10.3. The molecule has 1 rings (SSSR count). The van der Waals surface area contributed by atoms with Crippen LogP contribution in [-0.4, -0.2) is 10.9 Å². The molecule has 1 aromatic rings. The van der Waals surface area contributed by atoms with Crippen LogP contribution in [0.25, 0.3) is 0 Å². The first-order valence-corrected chi connectivity index (χ1v) is 2.50. The third-order valence-electron chi connectivity index (χ3n) is 0.946. The van der Waals surface area contributed by atoms with Crippen LogP contribution in [0.1, 0.15) is 10.4 Å². The van der Waals surface area contributed by atoms with Gasteiger partial charge in [-0.05, 0) is 12.1 Å². The van der Waals surface area contributed by atoms with E-state index in [0.29, 0.717) is 5.56 Å². The molecule has 0 saturated carbocycles. The summed E-state index contributed by atoms with van der Waals surface area (Å²) in [6.07, 6.45) is 3.02. The molecule has 1 heterocycles. The van der Waals surface area contributed by atoms with Crippen molar-refractivity contribution in [2.45, 2.75) is 0 Å². The fourth-order valence-corrected chi connectivity index (χ4v) is 0.509. The molecular weight excluding hydrogens is 258 g/mol. The first-order valence-electron chi connectivity index (χ1n) is 2.50. The molecule has 0 atom stereocenters. The number of carbonyl (C=O) groups is 1. The minimum absolute atomic E-state index is 0. The van der Waals surface area contributed by atoms with Crippen LogP contribution in [0.5, 0.6) is 0 Å². The first kappa shape index (κ1) is 23.0. The van der Waals surface area contributed by atoms with E-state index in [1.165, 1.54) is 6.20 Å². The molecule has 0 fully saturated rings. The van der Waals surface area contributed by atoms with Crippen molar-refractivity contribution in [3.63, 3.8) is 0 Å². The lowest BCUT2D eigenvalue weighted by Crippen LogP contribution is -2.10. The van der Waals surface area contributed by atoms with Gasteiger partial charge in [0.15, 0.2) is 0 Å². The SMILES string of the molecule is Cl.Cl.Cl.Cl.NC(=O)c1cccnc1. The Balaban J connectivity index is -0.000000101. The number of pyridine rings is 1. The average molecular weight is 268 g/mol. The van der Waals surface area contributed by atoms with E-state index in [0.717, 1.165) is 0 Å². The van der Waals surface area contributed by atoms with E-state index < -0.39 is 5.91 Å². The topological polar surface area (TPSA) is 56.0 Å². The number of halogens is 4. The summed E-state index contributed by atoms with van der Waals surface area (Å²) in [4.78, 5) is 14.1. The van der Waals surface area contributed by atoms with Gasteiger partial charge in [-0.2, -0.15) is 0 Å². The zero-order valence-corrected chi connectivity index (χ0v) is 9.64. The Hall–Kier alpha value is -0.220. The summed E-state index contributed by atoms with van der Waals surface area (Å²) < 4.78 is 0. The van der Waals surface area contributed by atoms with Crippen molar-refractivity contribution >= 4 is 55.5 Å². The van der Waals surface area contributed by atoms with Crippen molar-refractivity contribution in [3.8, 4) is 0 Å². The Bertz CT molecular complexity index is 219. The van der Waals surface area contributed by atoms with Gasteiger partial charge in [-0.1, -0.05) is 0 Å². The molecule has 0 aliphatic rings. The van der Waals surface area contributed by atoms with Crippen molar-refractivity contribution in [1.82, 2.24) is 4.98 Å². The van der Waals surface area contributed by atoms with Gasteiger partial charge in [0.2, 0.25) is 5.91 Å². The summed E-state index contributed by atoms with van der Waals surface area (Å²) in [6.45, 7) is 0. The standard InChI is InChI=1S/C6H6N2O.4ClH/c7-6(9)5-2-1-3-8-4-5;;;;/h1-4H,(H2,7,9);4*1H. The van der Waals surface area contributed by atoms with E-state index in [1.807, 2.05) is 0 Å². The molecule has 1 aromatic heterocycles. The highest BCUT2D eigenvalue weighted by atomic mass is 35.5. The zero-order chi connectivity index (χ0) is 6.69. The maximum absolute atomic E-state index is 10.4. The Kier molecular flexibility index (Phi) is 20.8. The smallest absolute Gasteiger partial charge is 0.250 e. The van der Waals surface area contributed by atoms with Gasteiger partial charge >= 0.3 is 0 Å². The summed E-state index contributed by atoms with van der Waals surface area (Å²) >= 11 is 0. The van der Waals surface area contributed by atoms with Gasteiger partial charge in [0, 0.05) is 12.4 Å². The molecular formula is C6H10Cl4N2O. The van der Waals surface area contributed by atoms with E-state index in [9.17, 15) is 4.79 Å². The first-order chi connectivity index (χ1) is 4.30. The Morgan fingerprint density at radius 1 is 1.23 bits per heavy atom. The molecule has 1 amide bonds. The van der Waals surface area contributed by atoms with Gasteiger partial charge in [0.1, 0.15) is 0 Å². The second-order valence-corrected chi connectivity index (χ2v) is 1.61. The summed E-state index contributed by atoms with van der Waals surface area (Å²) in [5.41, 5.74) is 5.38. The Morgan fingerprint density at radius 2 is 1.77 bits per heavy atom. The maximum Gasteiger partial charge on any atom is 0.250 e. The average Bonchev–Trinajstić information content (AvgIpc) is 1.90. The quantitative estimate of drug-likeness (QED) is 0.845. The van der Waals surface area contributed by atoms with Crippen molar-refractivity contribution in [1.29, 1.82) is 0 Å². The van der Waals surface area contributed by atoms with Crippen LogP contribution in [0.4, 0.5) is 0 Å². The van der Waals surface area contributed by atoms with Crippen molar-refractivity contribution in [2.24, 2.45) is 5.73 Å². The number of aromatic nitrogens is 1. The zero-order valence-electron chi connectivity index (χ0n) is 6.38. The molecule has 0 spiro atoms. The van der Waals surface area contributed by atoms with Gasteiger partial charge in [-0.3, -0.25) is 9.78 Å². The van der Waals surface area contributed by atoms with Crippen LogP contribution in [0, 0.1) is 0 Å². The molecule has 0 unspecified atom stereocenters. The number of carbonyl (C=O) groups excluding carboxylic acids is 1. The number of hydrogen-bond acceptors (Lipinski definition) is 2. The lowest BCUT2D eigenvalue weighted by molar-refractivity contribution is 0.1000. The Labute approximate surface area is 101 Å². The van der Waals surface area contributed by atoms with Gasteiger partial charge in [0.05, 0.1) is 5.56 Å². The van der Waals surface area contributed by atoms with E-state index in [1.54, 1.807) is 18.3 Å². The van der Waals surface area contributed by atoms with Crippen LogP contribution < -0.4 is 5.73 Å². The van der Waals surface area contributed by atoms with Gasteiger partial charge < -0.3 is 5.73 Å². The molecule has 0 aliphatic carbocycles. The largest absolute Gasteiger partial charge is 0.366 e. The number of nitrogens with zero attached hydrogens (tertiary/aromatic N) is 1. The van der Waals surface area contributed by atoms with Crippen LogP contribution in [0.15, 0.2) is 24.5 Å². The minimum atomic E-state index is -0.442. The van der Waals surface area contributed by atoms with Crippen LogP contribution >= 0.6 is 49.6 Å². The van der Waals surface area contributed by atoms with E-state index in [2.05, 4.69) is 4.98 Å². The predicted octanol–water partition coefficient (Wildman–Crippen LogP) is 1.87. The highest BCUT2D eigenvalue weighted by molar-refractivity contribution is 5.92. The van der Waals surface area contributed by atoms with Crippen LogP contribution in [-0.2, 0) is 0 Å². The molecule has 7 heteroatoms. The number of primary amides is 1. The van der Waals surface area contributed by atoms with Crippen molar-refractivity contribution < 1.29 is 4.79 Å². The highest BCUT2D eigenvalue weighted by Gasteiger charge is 1.94. The number of rotatable bonds is 1. The molecule has 3 nitrogen and oxygen atoms in total. The minimum Gasteiger partial charge on any atom is -0.366 e. The second-order valence-electron chi connectivity index (χ2n) is 1.61. The number of nitrogens with two attached hydrogens (primary N) is 1. The monoisotopic (exact) mass is 266 g/mol. The second kappa shape index (κ2) is 11.8. The predicted molar refractivity (Wildman–Crippen MR) is 61.7 cm³/mol. The summed E-state index contributed by atoms with van der Waals surface area (Å²) in [5, 5.41) is 0. The van der Waals surface area contributed by atoms with E-state index >= 15 is 0 Å². The van der Waals surface area contributed by atoms with Crippen molar-refractivity contribution in [3.05, 3.63) is 30.1 Å². The van der Waals surface area contributed by atoms with Crippen LogP contribution in [0.3, 0.4) is 0 Å². The Morgan fingerprint density at radius 3 is 2.00 bits per heavy atom. The third-order valence-corrected chi connectivity index (χ3v) is 0.946. The fourth-order valence-electron chi connectivity index (χ4n) is 0.509. The van der Waals surface area contributed by atoms with Crippen molar-refractivity contribution in [2.75, 3.05) is 0 Å². The van der Waals surface area contributed by atoms with E-state index in [4.69, 9.17) is 5.73 Å². The molecule has 0 aromatic carbocycles. The summed E-state index contributed by atoms with van der Waals surface area (Å²) in [6, 6.07) is 3.29. The normalized spacial score (nSPS) is 6.15. The van der Waals surface area contributed by atoms with Gasteiger partial charge in [-0.25, -0.2) is 0 Å². The molecule has 0 radical (unpaired) electrons. The molecule has 2 N–H and O–H groups in total. The summed E-state index contributed by atoms with van der Waals surface area (Å²) in [7, 11) is 0. The van der Waals surface area contributed by atoms with Gasteiger partial charge in [-0.15, -0.1) is 49.6 Å². The highest BCUT2D eigenvalue weighted by Crippen LogP contribution is 1.91. The molecule has 78 valence electrons. The van der Waals surface area contributed by atoms with Crippen LogP contribution in [0.2, 0.25) is 0 Å². The lowest BCUT2D eigenvalue weighted by Gasteiger charge is -1.88. The molecule has 0 aliphatic heterocycles. The third kappa shape index (κ3) is 8.12. The maximum atomic E-state index is 10.4. The molecule has 13 heavy (non-hydrogen) atoms. The summed E-state index contributed by atoms with van der Waals surface area (Å²) in [5.74, 6) is -0.442. The van der Waals surface area contributed by atoms with E-state index in [-0.39, 0.29) is 49.6 Å². The number of amides is 1. The van der Waals surface area contributed by atoms with Gasteiger partial charge in [0.25, 0.3) is 0 Å². The number of hydrogen-bond donors (Lipinski definition) is 1. The fraction of sp³-hybridized carbons (Fsp3) is 0. The molecule has 0 bridgehead atoms. The molecule has 0 saturated heterocycles.